The Morgan fingerprint density at radius 3 is 2.21 bits per heavy atom. The lowest BCUT2D eigenvalue weighted by molar-refractivity contribution is -0.135. The molecule has 0 aromatic heterocycles. The minimum atomic E-state index is -3.71. The van der Waals surface area contributed by atoms with Crippen LogP contribution in [-0.2, 0) is 26.1 Å². The number of sulfonamides is 1. The number of aryl methyl sites for hydroxylation is 2. The van der Waals surface area contributed by atoms with E-state index in [1.54, 1.807) is 45.0 Å². The SMILES string of the molecule is COc1cc(C)c(S(=O)(=O)N(C)CCOCC(=O)N(C)Cc2ccc(C(=N)SC)cc2)c(C)c1. The summed E-state index contributed by atoms with van der Waals surface area (Å²) in [4.78, 5) is 14.2. The minimum Gasteiger partial charge on any atom is -0.497 e. The number of methoxy groups -OCH3 is 1. The standard InChI is InChI=1S/C24H33N3O5S2/c1-17-13-21(31-5)14-18(2)23(17)34(29,30)27(4)11-12-32-16-22(28)26(3)15-19-7-9-20(10-8-19)24(25)33-6/h7-10,13-14,25H,11-12,15-16H2,1-6H3. The van der Waals surface area contributed by atoms with E-state index in [4.69, 9.17) is 14.9 Å². The normalized spacial score (nSPS) is 11.5. The van der Waals surface area contributed by atoms with Crippen LogP contribution in [0.25, 0.3) is 0 Å². The van der Waals surface area contributed by atoms with Crippen LogP contribution < -0.4 is 4.74 Å². The molecule has 0 saturated carbocycles. The average molecular weight is 508 g/mol. The number of carbonyl (C=O) groups is 1. The Balaban J connectivity index is 1.86. The van der Waals surface area contributed by atoms with Crippen LogP contribution in [0.3, 0.4) is 0 Å². The molecular weight excluding hydrogens is 474 g/mol. The first-order valence-corrected chi connectivity index (χ1v) is 13.3. The van der Waals surface area contributed by atoms with Gasteiger partial charge < -0.3 is 14.4 Å². The van der Waals surface area contributed by atoms with Gasteiger partial charge in [0.25, 0.3) is 0 Å². The predicted molar refractivity (Wildman–Crippen MR) is 136 cm³/mol. The van der Waals surface area contributed by atoms with Crippen molar-refractivity contribution in [3.8, 4) is 5.75 Å². The zero-order valence-electron chi connectivity index (χ0n) is 20.5. The van der Waals surface area contributed by atoms with E-state index in [1.165, 1.54) is 23.1 Å². The topological polar surface area (TPSA) is 100 Å². The number of rotatable bonds is 11. The highest BCUT2D eigenvalue weighted by molar-refractivity contribution is 8.13. The highest BCUT2D eigenvalue weighted by Gasteiger charge is 2.25. The molecule has 2 rings (SSSR count). The largest absolute Gasteiger partial charge is 0.497 e. The molecule has 0 radical (unpaired) electrons. The molecule has 10 heteroatoms. The van der Waals surface area contributed by atoms with Crippen LogP contribution in [0.4, 0.5) is 0 Å². The minimum absolute atomic E-state index is 0.0923. The van der Waals surface area contributed by atoms with E-state index in [0.717, 1.165) is 11.1 Å². The number of likely N-dealkylation sites (N-methyl/N-ethyl adjacent to an activating group) is 2. The van der Waals surface area contributed by atoms with Gasteiger partial charge in [0, 0.05) is 32.7 Å². The molecule has 0 aliphatic heterocycles. The Bertz CT molecular complexity index is 1090. The Morgan fingerprint density at radius 1 is 1.09 bits per heavy atom. The third-order valence-electron chi connectivity index (χ3n) is 5.38. The molecule has 0 heterocycles. The van der Waals surface area contributed by atoms with Gasteiger partial charge in [-0.15, -0.1) is 11.8 Å². The zero-order chi connectivity index (χ0) is 25.5. The molecule has 186 valence electrons. The lowest BCUT2D eigenvalue weighted by Crippen LogP contribution is -2.33. The van der Waals surface area contributed by atoms with Gasteiger partial charge in [-0.25, -0.2) is 8.42 Å². The van der Waals surface area contributed by atoms with Gasteiger partial charge in [0.1, 0.15) is 12.4 Å². The van der Waals surface area contributed by atoms with Crippen LogP contribution in [0.15, 0.2) is 41.3 Å². The summed E-state index contributed by atoms with van der Waals surface area (Å²) in [6.07, 6.45) is 1.86. The number of hydrogen-bond acceptors (Lipinski definition) is 7. The van der Waals surface area contributed by atoms with Gasteiger partial charge in [-0.2, -0.15) is 4.31 Å². The lowest BCUT2D eigenvalue weighted by Gasteiger charge is -2.21. The molecule has 0 aliphatic rings. The van der Waals surface area contributed by atoms with Crippen LogP contribution in [-0.4, -0.2) is 75.8 Å². The molecule has 34 heavy (non-hydrogen) atoms. The molecular formula is C24H33N3O5S2. The van der Waals surface area contributed by atoms with Gasteiger partial charge in [0.2, 0.25) is 15.9 Å². The van der Waals surface area contributed by atoms with Gasteiger partial charge in [0.05, 0.1) is 23.7 Å². The molecule has 8 nitrogen and oxygen atoms in total. The first-order valence-electron chi connectivity index (χ1n) is 10.7. The van der Waals surface area contributed by atoms with Crippen molar-refractivity contribution in [2.24, 2.45) is 0 Å². The number of thioether (sulfide) groups is 1. The van der Waals surface area contributed by atoms with Crippen LogP contribution in [0.5, 0.6) is 5.75 Å². The molecule has 0 aliphatic carbocycles. The molecule has 1 N–H and O–H groups in total. The fourth-order valence-corrected chi connectivity index (χ4v) is 5.35. The Kier molecular flexibility index (Phi) is 10.1. The fourth-order valence-electron chi connectivity index (χ4n) is 3.42. The molecule has 1 amide bonds. The second-order valence-electron chi connectivity index (χ2n) is 7.95. The zero-order valence-corrected chi connectivity index (χ0v) is 22.2. The van der Waals surface area contributed by atoms with Crippen molar-refractivity contribution in [1.29, 1.82) is 5.41 Å². The Labute approximate surface area is 206 Å². The summed E-state index contributed by atoms with van der Waals surface area (Å²) in [5.41, 5.74) is 3.01. The summed E-state index contributed by atoms with van der Waals surface area (Å²) in [6.45, 7) is 3.96. The summed E-state index contributed by atoms with van der Waals surface area (Å²) in [6, 6.07) is 10.9. The van der Waals surface area contributed by atoms with Crippen molar-refractivity contribution >= 4 is 32.7 Å². The monoisotopic (exact) mass is 507 g/mol. The Morgan fingerprint density at radius 2 is 1.68 bits per heavy atom. The van der Waals surface area contributed by atoms with Crippen molar-refractivity contribution < 1.29 is 22.7 Å². The molecule has 2 aromatic rings. The van der Waals surface area contributed by atoms with Crippen molar-refractivity contribution in [2.45, 2.75) is 25.3 Å². The maximum atomic E-state index is 13.0. The fraction of sp³-hybridized carbons (Fsp3) is 0.417. The third kappa shape index (κ3) is 7.05. The van der Waals surface area contributed by atoms with Gasteiger partial charge in [-0.3, -0.25) is 10.2 Å². The van der Waals surface area contributed by atoms with Crippen LogP contribution in [0.1, 0.15) is 22.3 Å². The maximum absolute atomic E-state index is 13.0. The smallest absolute Gasteiger partial charge is 0.248 e. The number of nitrogens with zero attached hydrogens (tertiary/aromatic N) is 2. The molecule has 0 saturated heterocycles. The van der Waals surface area contributed by atoms with Crippen LogP contribution in [0, 0.1) is 19.3 Å². The summed E-state index contributed by atoms with van der Waals surface area (Å²) >= 11 is 1.37. The van der Waals surface area contributed by atoms with Gasteiger partial charge >= 0.3 is 0 Å². The van der Waals surface area contributed by atoms with E-state index >= 15 is 0 Å². The lowest BCUT2D eigenvalue weighted by atomic mass is 10.1. The van der Waals surface area contributed by atoms with Gasteiger partial charge in [0.15, 0.2) is 0 Å². The number of amides is 1. The van der Waals surface area contributed by atoms with Crippen LogP contribution >= 0.6 is 11.8 Å². The van der Waals surface area contributed by atoms with Crippen molar-refractivity contribution in [3.63, 3.8) is 0 Å². The molecule has 0 unspecified atom stereocenters. The molecule has 0 bridgehead atoms. The van der Waals surface area contributed by atoms with E-state index in [2.05, 4.69) is 0 Å². The number of hydrogen-bond donors (Lipinski definition) is 1. The highest BCUT2D eigenvalue weighted by Crippen LogP contribution is 2.27. The van der Waals surface area contributed by atoms with E-state index in [9.17, 15) is 13.2 Å². The van der Waals surface area contributed by atoms with E-state index in [-0.39, 0.29) is 30.6 Å². The molecule has 0 fully saturated rings. The van der Waals surface area contributed by atoms with Crippen molar-refractivity contribution in [3.05, 3.63) is 58.7 Å². The molecule has 2 aromatic carbocycles. The number of carbonyl (C=O) groups excluding carboxylic acids is 1. The van der Waals surface area contributed by atoms with E-state index in [1.807, 2.05) is 30.5 Å². The number of nitrogens with one attached hydrogen (secondary N) is 1. The van der Waals surface area contributed by atoms with E-state index < -0.39 is 10.0 Å². The summed E-state index contributed by atoms with van der Waals surface area (Å²) in [5.74, 6) is 0.409. The van der Waals surface area contributed by atoms with Crippen molar-refractivity contribution in [1.82, 2.24) is 9.21 Å². The van der Waals surface area contributed by atoms with Crippen molar-refractivity contribution in [2.75, 3.05) is 47.2 Å². The van der Waals surface area contributed by atoms with Crippen LogP contribution in [0.2, 0.25) is 0 Å². The predicted octanol–water partition coefficient (Wildman–Crippen LogP) is 3.30. The second kappa shape index (κ2) is 12.3. The third-order valence-corrected chi connectivity index (χ3v) is 8.19. The first-order chi connectivity index (χ1) is 16.0. The highest BCUT2D eigenvalue weighted by atomic mass is 32.2. The first kappa shape index (κ1) is 27.8. The number of benzene rings is 2. The molecule has 0 atom stereocenters. The maximum Gasteiger partial charge on any atom is 0.248 e. The summed E-state index contributed by atoms with van der Waals surface area (Å²) < 4.78 is 38.0. The number of ether oxygens (including phenoxy) is 2. The van der Waals surface area contributed by atoms with Gasteiger partial charge in [-0.1, -0.05) is 24.3 Å². The van der Waals surface area contributed by atoms with Gasteiger partial charge in [-0.05, 0) is 48.9 Å². The molecule has 0 spiro atoms. The summed E-state index contributed by atoms with van der Waals surface area (Å²) in [7, 11) is 1.02. The second-order valence-corrected chi connectivity index (χ2v) is 10.7. The quantitative estimate of drug-likeness (QED) is 0.285. The average Bonchev–Trinajstić information content (AvgIpc) is 2.80. The van der Waals surface area contributed by atoms with E-state index in [0.29, 0.717) is 28.5 Å². The Hall–Kier alpha value is -2.40. The summed E-state index contributed by atoms with van der Waals surface area (Å²) in [5, 5.41) is 8.34.